The van der Waals surface area contributed by atoms with Gasteiger partial charge in [0.05, 0.1) is 0 Å². The Hall–Kier alpha value is -2.56. The van der Waals surface area contributed by atoms with E-state index < -0.39 is 11.9 Å². The van der Waals surface area contributed by atoms with Crippen molar-refractivity contribution in [3.05, 3.63) is 69.4 Å². The van der Waals surface area contributed by atoms with Crippen molar-refractivity contribution in [3.63, 3.8) is 0 Å². The van der Waals surface area contributed by atoms with Crippen molar-refractivity contribution in [2.75, 3.05) is 0 Å². The van der Waals surface area contributed by atoms with Crippen LogP contribution in [0.25, 0.3) is 39.0 Å². The van der Waals surface area contributed by atoms with Crippen LogP contribution >= 0.6 is 56.7 Å². The van der Waals surface area contributed by atoms with Gasteiger partial charge in [-0.05, 0) is 86.3 Å². The quantitative estimate of drug-likeness (QED) is 0.159. The maximum absolute atomic E-state index is 11.3. The summed E-state index contributed by atoms with van der Waals surface area (Å²) in [7, 11) is 0. The number of rotatable bonds is 10. The summed E-state index contributed by atoms with van der Waals surface area (Å²) in [5.41, 5.74) is 2.13. The Labute approximate surface area is 262 Å². The lowest BCUT2D eigenvalue weighted by atomic mass is 10.1. The minimum atomic E-state index is -0.796. The third kappa shape index (κ3) is 8.49. The van der Waals surface area contributed by atoms with Crippen LogP contribution in [0.5, 0.6) is 0 Å². The van der Waals surface area contributed by atoms with E-state index in [1.165, 1.54) is 19.5 Å². The molecule has 0 unspecified atom stereocenters. The molecule has 0 aliphatic rings. The van der Waals surface area contributed by atoms with Gasteiger partial charge in [-0.15, -0.1) is 56.7 Å². The molecule has 41 heavy (non-hydrogen) atoms. The first-order valence-corrected chi connectivity index (χ1v) is 17.8. The average Bonchev–Trinajstić information content (AvgIpc) is 3.78. The normalized spacial score (nSPS) is 10.5. The molecule has 218 valence electrons. The maximum atomic E-state index is 11.3. The summed E-state index contributed by atoms with van der Waals surface area (Å²) in [5.74, 6) is -1.59. The fourth-order valence-electron chi connectivity index (χ4n) is 4.09. The second-order valence-electron chi connectivity index (χ2n) is 8.70. The Balaban J connectivity index is 0.00000111. The fourth-order valence-corrected chi connectivity index (χ4v) is 9.70. The molecule has 9 heteroatoms. The zero-order valence-electron chi connectivity index (χ0n) is 24.2. The molecule has 2 N–H and O–H groups in total. The number of hydrogen-bond donors (Lipinski definition) is 2. The SMILES string of the molecule is CC.CC.Cc1ccc(-c2cc(CCC(=O)O)c(-c3ccc(-c4sc(-c5ccc(C)s5)cc4CCC(=O)O)s3)s2)s1. The van der Waals surface area contributed by atoms with Gasteiger partial charge in [0.1, 0.15) is 0 Å². The number of thiophene rings is 5. The monoisotopic (exact) mass is 644 g/mol. The molecule has 0 saturated heterocycles. The van der Waals surface area contributed by atoms with Crippen LogP contribution in [0.1, 0.15) is 61.4 Å². The highest BCUT2D eigenvalue weighted by Crippen LogP contribution is 2.48. The average molecular weight is 645 g/mol. The molecule has 0 saturated carbocycles. The highest BCUT2D eigenvalue weighted by molar-refractivity contribution is 7.29. The van der Waals surface area contributed by atoms with Gasteiger partial charge >= 0.3 is 11.9 Å². The minimum absolute atomic E-state index is 0.0960. The first-order valence-electron chi connectivity index (χ1n) is 13.7. The number of aryl methyl sites for hydroxylation is 4. The molecule has 5 aromatic heterocycles. The van der Waals surface area contributed by atoms with Crippen molar-refractivity contribution >= 4 is 68.6 Å². The van der Waals surface area contributed by atoms with Crippen molar-refractivity contribution in [1.29, 1.82) is 0 Å². The van der Waals surface area contributed by atoms with Gasteiger partial charge in [-0.2, -0.15) is 0 Å². The first kappa shape index (κ1) is 32.9. The van der Waals surface area contributed by atoms with Crippen LogP contribution in [0.3, 0.4) is 0 Å². The van der Waals surface area contributed by atoms with E-state index >= 15 is 0 Å². The Bertz CT molecular complexity index is 1460. The Kier molecular flexibility index (Phi) is 12.5. The fraction of sp³-hybridized carbons (Fsp3) is 0.312. The molecule has 0 aliphatic heterocycles. The smallest absolute Gasteiger partial charge is 0.303 e. The van der Waals surface area contributed by atoms with Gasteiger partial charge in [0, 0.05) is 61.6 Å². The highest BCUT2D eigenvalue weighted by Gasteiger charge is 2.20. The van der Waals surface area contributed by atoms with Crippen molar-refractivity contribution in [1.82, 2.24) is 0 Å². The molecule has 5 aromatic rings. The molecular weight excluding hydrogens is 609 g/mol. The number of hydrogen-bond acceptors (Lipinski definition) is 7. The number of carbonyl (C=O) groups is 2. The number of carboxylic acid groups (broad SMARTS) is 2. The minimum Gasteiger partial charge on any atom is -0.481 e. The lowest BCUT2D eigenvalue weighted by Gasteiger charge is -2.01. The summed E-state index contributed by atoms with van der Waals surface area (Å²) in [6, 6.07) is 17.0. The van der Waals surface area contributed by atoms with Gasteiger partial charge in [0.15, 0.2) is 0 Å². The van der Waals surface area contributed by atoms with E-state index in [0.717, 1.165) is 40.4 Å². The molecule has 0 fully saturated rings. The molecule has 0 aliphatic carbocycles. The molecule has 5 heterocycles. The van der Waals surface area contributed by atoms with Crippen LogP contribution in [0.2, 0.25) is 0 Å². The second-order valence-corrected chi connectivity index (χ2v) is 14.5. The molecule has 0 bridgehead atoms. The Morgan fingerprint density at radius 1 is 0.537 bits per heavy atom. The van der Waals surface area contributed by atoms with Crippen molar-refractivity contribution in [3.8, 4) is 39.0 Å². The van der Waals surface area contributed by atoms with Crippen LogP contribution in [0.4, 0.5) is 0 Å². The van der Waals surface area contributed by atoms with Gasteiger partial charge in [0.2, 0.25) is 0 Å². The molecule has 0 amide bonds. The predicted molar refractivity (Wildman–Crippen MR) is 182 cm³/mol. The van der Waals surface area contributed by atoms with Crippen LogP contribution in [0.15, 0.2) is 48.5 Å². The van der Waals surface area contributed by atoms with Crippen LogP contribution in [0, 0.1) is 13.8 Å². The van der Waals surface area contributed by atoms with Crippen molar-refractivity contribution in [2.45, 2.75) is 67.2 Å². The standard InChI is InChI=1S/C28H24O4S5.2C2H6/c1-15-3-7-19(33-15)23-13-17(5-11-25(29)30)27(36-23)21-9-10-22(35-21)28-18(6-12-26(31)32)14-24(37-28)20-8-4-16(2)34-20;2*1-2/h3-4,7-10,13-14H,5-6,11-12H2,1-2H3,(H,29,30)(H,31,32);2*1-2H3. The van der Waals surface area contributed by atoms with E-state index in [1.54, 1.807) is 56.7 Å². The lowest BCUT2D eigenvalue weighted by molar-refractivity contribution is -0.138. The molecule has 0 radical (unpaired) electrons. The van der Waals surface area contributed by atoms with E-state index in [-0.39, 0.29) is 12.8 Å². The van der Waals surface area contributed by atoms with Crippen LogP contribution in [-0.4, -0.2) is 22.2 Å². The van der Waals surface area contributed by atoms with Gasteiger partial charge in [-0.1, -0.05) is 27.7 Å². The zero-order valence-corrected chi connectivity index (χ0v) is 28.3. The zero-order chi connectivity index (χ0) is 30.1. The summed E-state index contributed by atoms with van der Waals surface area (Å²) in [4.78, 5) is 34.4. The summed E-state index contributed by atoms with van der Waals surface area (Å²) >= 11 is 8.63. The summed E-state index contributed by atoms with van der Waals surface area (Å²) < 4.78 is 0. The lowest BCUT2D eigenvalue weighted by Crippen LogP contribution is -1.97. The largest absolute Gasteiger partial charge is 0.481 e. The molecule has 4 nitrogen and oxygen atoms in total. The third-order valence-corrected chi connectivity index (χ3v) is 12.0. The maximum Gasteiger partial charge on any atom is 0.303 e. The van der Waals surface area contributed by atoms with Crippen LogP contribution < -0.4 is 0 Å². The third-order valence-electron chi connectivity index (χ3n) is 5.85. The molecule has 0 spiro atoms. The first-order chi connectivity index (χ1) is 19.8. The van der Waals surface area contributed by atoms with Gasteiger partial charge in [0.25, 0.3) is 0 Å². The molecular formula is C32H36O4S5. The molecule has 5 rings (SSSR count). The van der Waals surface area contributed by atoms with Gasteiger partial charge in [-0.25, -0.2) is 0 Å². The molecule has 0 atom stereocenters. The van der Waals surface area contributed by atoms with Gasteiger partial charge in [-0.3, -0.25) is 9.59 Å². The van der Waals surface area contributed by atoms with Gasteiger partial charge < -0.3 is 10.2 Å². The summed E-state index contributed by atoms with van der Waals surface area (Å²) in [6.07, 6.45) is 1.17. The topological polar surface area (TPSA) is 74.6 Å². The summed E-state index contributed by atoms with van der Waals surface area (Å²) in [5, 5.41) is 18.6. The number of carboxylic acids is 2. The Morgan fingerprint density at radius 2 is 0.902 bits per heavy atom. The van der Waals surface area contributed by atoms with E-state index in [1.807, 2.05) is 27.7 Å². The van der Waals surface area contributed by atoms with Crippen molar-refractivity contribution < 1.29 is 19.8 Å². The predicted octanol–water partition coefficient (Wildman–Crippen LogP) is 11.4. The van der Waals surface area contributed by atoms with E-state index in [2.05, 4.69) is 62.4 Å². The van der Waals surface area contributed by atoms with Crippen LogP contribution in [-0.2, 0) is 22.4 Å². The molecule has 0 aromatic carbocycles. The Morgan fingerprint density at radius 3 is 1.22 bits per heavy atom. The number of aliphatic carboxylic acids is 2. The van der Waals surface area contributed by atoms with Crippen molar-refractivity contribution in [2.24, 2.45) is 0 Å². The van der Waals surface area contributed by atoms with E-state index in [9.17, 15) is 19.8 Å². The van der Waals surface area contributed by atoms with E-state index in [0.29, 0.717) is 12.8 Å². The highest BCUT2D eigenvalue weighted by atomic mass is 32.1. The van der Waals surface area contributed by atoms with E-state index in [4.69, 9.17) is 0 Å². The second kappa shape index (κ2) is 15.6. The summed E-state index contributed by atoms with van der Waals surface area (Å²) in [6.45, 7) is 12.2.